The van der Waals surface area contributed by atoms with E-state index in [9.17, 15) is 0 Å². The first kappa shape index (κ1) is 6.62. The first-order chi connectivity index (χ1) is 4.62. The van der Waals surface area contributed by atoms with E-state index in [0.29, 0.717) is 0 Å². The van der Waals surface area contributed by atoms with Gasteiger partial charge in [-0.15, -0.1) is 0 Å². The predicted octanol–water partition coefficient (Wildman–Crippen LogP) is 2.04. The van der Waals surface area contributed by atoms with Gasteiger partial charge in [0.1, 0.15) is 11.2 Å². The summed E-state index contributed by atoms with van der Waals surface area (Å²) in [4.78, 5) is 10.5. The van der Waals surface area contributed by atoms with Crippen LogP contribution in [0.4, 0.5) is 0 Å². The summed E-state index contributed by atoms with van der Waals surface area (Å²) in [5, 5.41) is 0. The van der Waals surface area contributed by atoms with Crippen LogP contribution in [0.25, 0.3) is 0 Å². The van der Waals surface area contributed by atoms with Gasteiger partial charge in [0.25, 0.3) is 0 Å². The second-order valence-corrected chi connectivity index (χ2v) is 4.10. The van der Waals surface area contributed by atoms with Gasteiger partial charge in [-0.2, -0.15) is 0 Å². The minimum Gasteiger partial charge on any atom is -0.230 e. The summed E-state index contributed by atoms with van der Waals surface area (Å²) in [6, 6.07) is 0. The zero-order chi connectivity index (χ0) is 7.24. The molecule has 2 heteroatoms. The minimum absolute atomic E-state index is 0.0347. The van der Waals surface area contributed by atoms with Crippen molar-refractivity contribution >= 4 is 0 Å². The molecule has 10 heavy (non-hydrogen) atoms. The topological polar surface area (TPSA) is 18.5 Å². The van der Waals surface area contributed by atoms with Gasteiger partial charge in [-0.1, -0.05) is 0 Å². The maximum absolute atomic E-state index is 5.27. The fourth-order valence-corrected chi connectivity index (χ4v) is 2.15. The summed E-state index contributed by atoms with van der Waals surface area (Å²) in [6.07, 6.45) is 4.62. The third-order valence-corrected chi connectivity index (χ3v) is 2.60. The van der Waals surface area contributed by atoms with Crippen molar-refractivity contribution in [2.45, 2.75) is 50.7 Å². The molecule has 1 aliphatic heterocycles. The molecule has 1 heterocycles. The second kappa shape index (κ2) is 1.74. The molecule has 0 amide bonds. The lowest BCUT2D eigenvalue weighted by atomic mass is 9.78. The minimum atomic E-state index is 0.0347. The van der Waals surface area contributed by atoms with Crippen molar-refractivity contribution in [3.05, 3.63) is 0 Å². The monoisotopic (exact) mass is 142 g/mol. The van der Waals surface area contributed by atoms with Gasteiger partial charge in [0.15, 0.2) is 0 Å². The maximum Gasteiger partial charge on any atom is 0.104 e. The number of hydrogen-bond donors (Lipinski definition) is 0. The molecule has 0 radical (unpaired) electrons. The molecule has 2 atom stereocenters. The van der Waals surface area contributed by atoms with E-state index in [4.69, 9.17) is 9.78 Å². The number of fused-ring (bicyclic) bond motifs is 2. The Morgan fingerprint density at radius 2 is 1.50 bits per heavy atom. The summed E-state index contributed by atoms with van der Waals surface area (Å²) < 4.78 is 0. The van der Waals surface area contributed by atoms with E-state index < -0.39 is 0 Å². The van der Waals surface area contributed by atoms with Gasteiger partial charge in [0.2, 0.25) is 0 Å². The van der Waals surface area contributed by atoms with Crippen LogP contribution in [0.1, 0.15) is 39.5 Å². The third-order valence-electron chi connectivity index (χ3n) is 2.60. The van der Waals surface area contributed by atoms with E-state index in [1.165, 1.54) is 6.42 Å². The summed E-state index contributed by atoms with van der Waals surface area (Å²) in [7, 11) is 0. The van der Waals surface area contributed by atoms with Crippen LogP contribution in [0.3, 0.4) is 0 Å². The van der Waals surface area contributed by atoms with Crippen LogP contribution in [0.2, 0.25) is 0 Å². The van der Waals surface area contributed by atoms with E-state index >= 15 is 0 Å². The molecule has 58 valence electrons. The largest absolute Gasteiger partial charge is 0.230 e. The maximum atomic E-state index is 5.27. The van der Waals surface area contributed by atoms with Crippen molar-refractivity contribution in [1.82, 2.24) is 0 Å². The highest BCUT2D eigenvalue weighted by molar-refractivity contribution is 4.94. The van der Waals surface area contributed by atoms with E-state index in [1.807, 2.05) is 0 Å². The summed E-state index contributed by atoms with van der Waals surface area (Å²) in [6.45, 7) is 4.27. The number of hydrogen-bond acceptors (Lipinski definition) is 2. The Kier molecular flexibility index (Phi) is 1.15. The summed E-state index contributed by atoms with van der Waals surface area (Å²) >= 11 is 0. The molecule has 1 saturated carbocycles. The smallest absolute Gasteiger partial charge is 0.104 e. The molecule has 0 N–H and O–H groups in total. The average molecular weight is 142 g/mol. The Hall–Kier alpha value is -0.0800. The van der Waals surface area contributed by atoms with Crippen LogP contribution in [-0.2, 0) is 9.78 Å². The van der Waals surface area contributed by atoms with Crippen molar-refractivity contribution in [2.24, 2.45) is 0 Å². The second-order valence-electron chi connectivity index (χ2n) is 4.10. The molecule has 0 aromatic carbocycles. The van der Waals surface area contributed by atoms with Gasteiger partial charge in [0.05, 0.1) is 0 Å². The van der Waals surface area contributed by atoms with E-state index in [1.54, 1.807) is 0 Å². The van der Waals surface area contributed by atoms with Crippen molar-refractivity contribution < 1.29 is 9.78 Å². The van der Waals surface area contributed by atoms with Crippen LogP contribution in [-0.4, -0.2) is 11.2 Å². The van der Waals surface area contributed by atoms with Gasteiger partial charge in [0, 0.05) is 6.42 Å². The molecule has 1 saturated heterocycles. The van der Waals surface area contributed by atoms with Gasteiger partial charge in [-0.25, -0.2) is 9.78 Å². The molecular formula is C8H14O2. The van der Waals surface area contributed by atoms with Crippen molar-refractivity contribution in [3.63, 3.8) is 0 Å². The quantitative estimate of drug-likeness (QED) is 0.482. The highest BCUT2D eigenvalue weighted by Gasteiger charge is 2.49. The zero-order valence-corrected chi connectivity index (χ0v) is 6.64. The van der Waals surface area contributed by atoms with Gasteiger partial charge in [-0.05, 0) is 33.1 Å². The molecule has 0 aromatic rings. The highest BCUT2D eigenvalue weighted by Crippen LogP contribution is 2.46. The summed E-state index contributed by atoms with van der Waals surface area (Å²) in [5.74, 6) is 0. The first-order valence-electron chi connectivity index (χ1n) is 3.99. The van der Waals surface area contributed by atoms with Crippen molar-refractivity contribution in [3.8, 4) is 0 Å². The molecule has 2 aliphatic rings. The van der Waals surface area contributed by atoms with Gasteiger partial charge in [-0.3, -0.25) is 0 Å². The Labute approximate surface area is 61.4 Å². The fourth-order valence-electron chi connectivity index (χ4n) is 2.15. The normalized spacial score (nSPS) is 53.4. The molecule has 0 aromatic heterocycles. The molecule has 2 unspecified atom stereocenters. The molecular weight excluding hydrogens is 128 g/mol. The van der Waals surface area contributed by atoms with Crippen LogP contribution >= 0.6 is 0 Å². The Morgan fingerprint density at radius 1 is 1.00 bits per heavy atom. The lowest BCUT2D eigenvalue weighted by Crippen LogP contribution is -2.33. The first-order valence-corrected chi connectivity index (χ1v) is 3.99. The SMILES string of the molecule is CC12CCCC(C)(C1)OO2. The van der Waals surface area contributed by atoms with E-state index in [-0.39, 0.29) is 11.2 Å². The van der Waals surface area contributed by atoms with Crippen LogP contribution < -0.4 is 0 Å². The van der Waals surface area contributed by atoms with Gasteiger partial charge >= 0.3 is 0 Å². The highest BCUT2D eigenvalue weighted by atomic mass is 17.2. The van der Waals surface area contributed by atoms with E-state index in [2.05, 4.69) is 13.8 Å². The Bertz CT molecular complexity index is 141. The van der Waals surface area contributed by atoms with Crippen LogP contribution in [0, 0.1) is 0 Å². The van der Waals surface area contributed by atoms with Crippen molar-refractivity contribution in [2.75, 3.05) is 0 Å². The molecule has 0 spiro atoms. The molecule has 2 bridgehead atoms. The predicted molar refractivity (Wildman–Crippen MR) is 37.4 cm³/mol. The Balaban J connectivity index is 2.20. The molecule has 2 nitrogen and oxygen atoms in total. The lowest BCUT2D eigenvalue weighted by molar-refractivity contribution is -0.337. The lowest BCUT2D eigenvalue weighted by Gasteiger charge is -2.28. The fraction of sp³-hybridized carbons (Fsp3) is 1.00. The molecule has 2 fully saturated rings. The van der Waals surface area contributed by atoms with Crippen molar-refractivity contribution in [1.29, 1.82) is 0 Å². The average Bonchev–Trinajstić information content (AvgIpc) is 2.03. The standard InChI is InChI=1S/C8H14O2/c1-7-4-3-5-8(2,6-7)10-9-7/h3-6H2,1-2H3. The molecule has 1 aliphatic carbocycles. The zero-order valence-electron chi connectivity index (χ0n) is 6.64. The van der Waals surface area contributed by atoms with E-state index in [0.717, 1.165) is 19.3 Å². The number of rotatable bonds is 0. The molecule has 2 rings (SSSR count). The van der Waals surface area contributed by atoms with Crippen LogP contribution in [0.5, 0.6) is 0 Å². The third kappa shape index (κ3) is 0.867. The van der Waals surface area contributed by atoms with Crippen LogP contribution in [0.15, 0.2) is 0 Å². The van der Waals surface area contributed by atoms with Gasteiger partial charge < -0.3 is 0 Å². The summed E-state index contributed by atoms with van der Waals surface area (Å²) in [5.41, 5.74) is 0.0694. The Morgan fingerprint density at radius 3 is 1.90 bits per heavy atom.